The van der Waals surface area contributed by atoms with Gasteiger partial charge in [0.2, 0.25) is 0 Å². The molecule has 3 aromatic rings. The first kappa shape index (κ1) is 14.5. The molecule has 1 aromatic heterocycles. The summed E-state index contributed by atoms with van der Waals surface area (Å²) in [5.41, 5.74) is 0.457. The topological polar surface area (TPSA) is 64.2 Å². The van der Waals surface area contributed by atoms with Crippen LogP contribution in [0.4, 0.5) is 0 Å². The van der Waals surface area contributed by atoms with Gasteiger partial charge in [-0.2, -0.15) is 0 Å². The van der Waals surface area contributed by atoms with Gasteiger partial charge in [-0.25, -0.2) is 9.36 Å². The predicted molar refractivity (Wildman–Crippen MR) is 88.8 cm³/mol. The summed E-state index contributed by atoms with van der Waals surface area (Å²) in [6, 6.07) is 9.91. The molecule has 1 atom stereocenters. The zero-order valence-electron chi connectivity index (χ0n) is 11.7. The molecule has 0 saturated heterocycles. The van der Waals surface area contributed by atoms with Crippen LogP contribution >= 0.6 is 23.2 Å². The van der Waals surface area contributed by atoms with Crippen LogP contribution in [0.3, 0.4) is 0 Å². The molecule has 0 radical (unpaired) electrons. The summed E-state index contributed by atoms with van der Waals surface area (Å²) < 4.78 is 2.27. The fraction of sp³-hybridized carbons (Fsp3) is 0.125. The van der Waals surface area contributed by atoms with Crippen LogP contribution in [0.2, 0.25) is 10.0 Å². The Balaban J connectivity index is 2.25. The van der Waals surface area contributed by atoms with Crippen LogP contribution in [-0.2, 0) is 6.42 Å². The van der Waals surface area contributed by atoms with E-state index in [9.17, 15) is 14.7 Å². The van der Waals surface area contributed by atoms with E-state index in [0.717, 1.165) is 10.2 Å². The van der Waals surface area contributed by atoms with Crippen molar-refractivity contribution in [1.82, 2.24) is 9.36 Å². The molecule has 0 bridgehead atoms. The molecule has 0 spiro atoms. The van der Waals surface area contributed by atoms with E-state index in [1.54, 1.807) is 12.1 Å². The van der Waals surface area contributed by atoms with Gasteiger partial charge in [-0.3, -0.25) is 9.59 Å². The Morgan fingerprint density at radius 1 is 1.00 bits per heavy atom. The molecule has 2 heterocycles. The lowest BCUT2D eigenvalue weighted by molar-refractivity contribution is 0.0705. The minimum Gasteiger partial charge on any atom is -0.371 e. The molecule has 0 amide bonds. The van der Waals surface area contributed by atoms with Gasteiger partial charge in [-0.1, -0.05) is 41.4 Å². The lowest BCUT2D eigenvalue weighted by Crippen LogP contribution is -2.43. The molecule has 4 rings (SSSR count). The summed E-state index contributed by atoms with van der Waals surface area (Å²) in [6.07, 6.45) is -0.869. The Labute approximate surface area is 139 Å². The molecule has 7 heteroatoms. The minimum absolute atomic E-state index is 0.138. The quantitative estimate of drug-likeness (QED) is 0.678. The Kier molecular flexibility index (Phi) is 3.13. The summed E-state index contributed by atoms with van der Waals surface area (Å²) in [6.45, 7) is 0. The van der Waals surface area contributed by atoms with Crippen molar-refractivity contribution in [2.75, 3.05) is 0 Å². The summed E-state index contributed by atoms with van der Waals surface area (Å²) in [5.74, 6) is 0. The van der Waals surface area contributed by atoms with Crippen molar-refractivity contribution >= 4 is 34.0 Å². The van der Waals surface area contributed by atoms with Gasteiger partial charge in [0.25, 0.3) is 11.1 Å². The predicted octanol–water partition coefficient (Wildman–Crippen LogP) is 2.51. The summed E-state index contributed by atoms with van der Waals surface area (Å²) >= 11 is 11.9. The maximum atomic E-state index is 12.9. The highest BCUT2D eigenvalue weighted by atomic mass is 35.5. The first-order valence-corrected chi connectivity index (χ1v) is 7.67. The summed E-state index contributed by atoms with van der Waals surface area (Å²) in [5, 5.41) is 11.0. The number of nitrogens with zero attached hydrogens (tertiary/aromatic N) is 2. The molecule has 1 aliphatic heterocycles. The summed E-state index contributed by atoms with van der Waals surface area (Å²) in [4.78, 5) is 25.6. The molecule has 1 aliphatic rings. The second-order valence-corrected chi connectivity index (χ2v) is 6.21. The fourth-order valence-corrected chi connectivity index (χ4v) is 3.32. The van der Waals surface area contributed by atoms with Crippen molar-refractivity contribution in [3.8, 4) is 5.69 Å². The number of fused-ring (bicyclic) bond motifs is 4. The van der Waals surface area contributed by atoms with Crippen molar-refractivity contribution in [3.63, 3.8) is 0 Å². The Hall–Kier alpha value is -2.08. The van der Waals surface area contributed by atoms with E-state index in [2.05, 4.69) is 0 Å². The van der Waals surface area contributed by atoms with Gasteiger partial charge in [0.05, 0.1) is 26.5 Å². The highest BCUT2D eigenvalue weighted by molar-refractivity contribution is 6.42. The summed E-state index contributed by atoms with van der Waals surface area (Å²) in [7, 11) is 0. The van der Waals surface area contributed by atoms with Crippen molar-refractivity contribution in [2.24, 2.45) is 0 Å². The number of hydrogen-bond donors (Lipinski definition) is 1. The fourth-order valence-electron chi connectivity index (χ4n) is 2.99. The van der Waals surface area contributed by atoms with Gasteiger partial charge in [-0.15, -0.1) is 0 Å². The van der Waals surface area contributed by atoms with Crippen LogP contribution in [0.25, 0.3) is 16.5 Å². The first-order chi connectivity index (χ1) is 11.0. The van der Waals surface area contributed by atoms with Gasteiger partial charge < -0.3 is 5.11 Å². The van der Waals surface area contributed by atoms with Crippen LogP contribution in [0.15, 0.2) is 46.0 Å². The Morgan fingerprint density at radius 3 is 2.30 bits per heavy atom. The number of benzene rings is 2. The molecule has 0 saturated carbocycles. The lowest BCUT2D eigenvalue weighted by atomic mass is 10.1. The van der Waals surface area contributed by atoms with Crippen molar-refractivity contribution < 1.29 is 5.11 Å². The lowest BCUT2D eigenvalue weighted by Gasteiger charge is -2.27. The standard InChI is InChI=1S/C16H10Cl2N2O3/c17-11-6-9-10(7-12(11)18)16(23)20-14(21)5-8-3-1-2-4-13(8)19(20)15(9)22/h1-4,6-7,14,21H,5H2. The number of halogens is 2. The zero-order valence-corrected chi connectivity index (χ0v) is 13.2. The second-order valence-electron chi connectivity index (χ2n) is 5.39. The monoisotopic (exact) mass is 348 g/mol. The van der Waals surface area contributed by atoms with Gasteiger partial charge in [-0.05, 0) is 23.8 Å². The zero-order chi connectivity index (χ0) is 16.3. The largest absolute Gasteiger partial charge is 0.371 e. The van der Waals surface area contributed by atoms with Crippen LogP contribution in [0.5, 0.6) is 0 Å². The average Bonchev–Trinajstić information content (AvgIpc) is 2.53. The van der Waals surface area contributed by atoms with Crippen LogP contribution in [-0.4, -0.2) is 14.5 Å². The van der Waals surface area contributed by atoms with Gasteiger partial charge >= 0.3 is 0 Å². The normalized spacial score (nSPS) is 16.2. The average molecular weight is 349 g/mol. The number of hydrogen-bond acceptors (Lipinski definition) is 3. The van der Waals surface area contributed by atoms with E-state index in [1.807, 2.05) is 12.1 Å². The van der Waals surface area contributed by atoms with E-state index in [1.165, 1.54) is 16.8 Å². The van der Waals surface area contributed by atoms with Gasteiger partial charge in [0, 0.05) is 6.42 Å². The highest BCUT2D eigenvalue weighted by Crippen LogP contribution is 2.27. The number of rotatable bonds is 0. The van der Waals surface area contributed by atoms with E-state index in [4.69, 9.17) is 23.2 Å². The van der Waals surface area contributed by atoms with Crippen molar-refractivity contribution in [2.45, 2.75) is 12.6 Å². The molecule has 5 nitrogen and oxygen atoms in total. The third-order valence-electron chi connectivity index (χ3n) is 4.04. The third kappa shape index (κ3) is 1.97. The maximum absolute atomic E-state index is 12.9. The third-order valence-corrected chi connectivity index (χ3v) is 4.76. The molecule has 116 valence electrons. The number of aromatic nitrogens is 2. The van der Waals surface area contributed by atoms with E-state index >= 15 is 0 Å². The second kappa shape index (κ2) is 4.96. The van der Waals surface area contributed by atoms with Crippen molar-refractivity contribution in [1.29, 1.82) is 0 Å². The molecular weight excluding hydrogens is 339 g/mol. The number of para-hydroxylation sites is 1. The SMILES string of the molecule is O=c1c2cc(Cl)c(Cl)cc2c(=O)n2n1-c1ccccc1CC2O. The van der Waals surface area contributed by atoms with Crippen LogP contribution in [0.1, 0.15) is 11.8 Å². The Bertz CT molecular complexity index is 1090. The number of aliphatic hydroxyl groups is 1. The molecule has 0 fully saturated rings. The van der Waals surface area contributed by atoms with Crippen LogP contribution in [0, 0.1) is 0 Å². The molecule has 1 N–H and O–H groups in total. The van der Waals surface area contributed by atoms with Crippen molar-refractivity contribution in [3.05, 3.63) is 72.7 Å². The van der Waals surface area contributed by atoms with Gasteiger partial charge in [0.15, 0.2) is 6.23 Å². The van der Waals surface area contributed by atoms with E-state index in [0.29, 0.717) is 5.69 Å². The van der Waals surface area contributed by atoms with Crippen LogP contribution < -0.4 is 11.1 Å². The molecular formula is C16H10Cl2N2O3. The molecule has 1 unspecified atom stereocenters. The maximum Gasteiger partial charge on any atom is 0.278 e. The number of aliphatic hydroxyl groups excluding tert-OH is 1. The molecule has 23 heavy (non-hydrogen) atoms. The molecule has 2 aromatic carbocycles. The van der Waals surface area contributed by atoms with E-state index in [-0.39, 0.29) is 27.2 Å². The first-order valence-electron chi connectivity index (χ1n) is 6.92. The van der Waals surface area contributed by atoms with E-state index < -0.39 is 17.3 Å². The minimum atomic E-state index is -1.12. The highest BCUT2D eigenvalue weighted by Gasteiger charge is 2.26. The smallest absolute Gasteiger partial charge is 0.278 e. The Morgan fingerprint density at radius 2 is 1.61 bits per heavy atom. The molecule has 0 aliphatic carbocycles. The van der Waals surface area contributed by atoms with Gasteiger partial charge in [0.1, 0.15) is 0 Å².